The predicted octanol–water partition coefficient (Wildman–Crippen LogP) is 7.21. The fraction of sp³-hybridized carbons (Fsp3) is 0.304. The lowest BCUT2D eigenvalue weighted by Gasteiger charge is -2.22. The Morgan fingerprint density at radius 1 is 1.10 bits per heavy atom. The van der Waals surface area contributed by atoms with E-state index in [4.69, 9.17) is 28.2 Å². The van der Waals surface area contributed by atoms with Crippen molar-refractivity contribution in [1.29, 1.82) is 0 Å². The van der Waals surface area contributed by atoms with Gasteiger partial charge in [0.05, 0.1) is 10.7 Å². The minimum Gasteiger partial charge on any atom is -0.335 e. The number of imidazole rings is 1. The first kappa shape index (κ1) is 22.4. The van der Waals surface area contributed by atoms with Crippen molar-refractivity contribution in [1.82, 2.24) is 14.9 Å². The van der Waals surface area contributed by atoms with Crippen LogP contribution in [0.4, 0.5) is 10.6 Å². The summed E-state index contributed by atoms with van der Waals surface area (Å²) >= 11 is 14.9. The molecule has 0 spiro atoms. The summed E-state index contributed by atoms with van der Waals surface area (Å²) in [6.45, 7) is 1.94. The molecule has 0 atom stereocenters. The van der Waals surface area contributed by atoms with E-state index in [1.165, 1.54) is 6.42 Å². The molecule has 3 aromatic rings. The summed E-state index contributed by atoms with van der Waals surface area (Å²) in [5.41, 5.74) is 2.50. The Hall–Kier alpha value is -1.77. The average Bonchev–Trinajstić information content (AvgIpc) is 3.05. The number of carbonyl (C=O) groups is 1. The van der Waals surface area contributed by atoms with E-state index in [-0.39, 0.29) is 12.1 Å². The van der Waals surface area contributed by atoms with E-state index in [0.29, 0.717) is 21.7 Å². The maximum absolute atomic E-state index is 12.7. The van der Waals surface area contributed by atoms with E-state index in [1.807, 2.05) is 41.8 Å². The van der Waals surface area contributed by atoms with Gasteiger partial charge >= 0.3 is 6.03 Å². The van der Waals surface area contributed by atoms with E-state index in [9.17, 15) is 4.79 Å². The highest BCUT2D eigenvalue weighted by molar-refractivity contribution is 14.1. The molecule has 0 aliphatic heterocycles. The van der Waals surface area contributed by atoms with Crippen LogP contribution in [0.2, 0.25) is 10.0 Å². The first-order valence-corrected chi connectivity index (χ1v) is 12.1. The van der Waals surface area contributed by atoms with Gasteiger partial charge in [-0.2, -0.15) is 0 Å². The van der Waals surface area contributed by atoms with E-state index in [2.05, 4.69) is 33.2 Å². The Balaban J connectivity index is 1.71. The van der Waals surface area contributed by atoms with Crippen LogP contribution in [0.3, 0.4) is 0 Å². The van der Waals surface area contributed by atoms with Gasteiger partial charge in [-0.1, -0.05) is 42.5 Å². The maximum Gasteiger partial charge on any atom is 0.320 e. The molecule has 162 valence electrons. The third kappa shape index (κ3) is 5.18. The predicted molar refractivity (Wildman–Crippen MR) is 136 cm³/mol. The third-order valence-corrected chi connectivity index (χ3v) is 6.80. The number of anilines is 1. The Kier molecular flexibility index (Phi) is 7.08. The van der Waals surface area contributed by atoms with Gasteiger partial charge in [0.1, 0.15) is 5.82 Å². The van der Waals surface area contributed by atoms with Crippen LogP contribution in [0.5, 0.6) is 0 Å². The highest BCUT2D eigenvalue weighted by Gasteiger charge is 2.22. The molecule has 0 bridgehead atoms. The number of aromatic nitrogens is 2. The van der Waals surface area contributed by atoms with Crippen LogP contribution in [0, 0.1) is 10.5 Å². The number of hydrogen-bond acceptors (Lipinski definition) is 2. The smallest absolute Gasteiger partial charge is 0.320 e. The fourth-order valence-corrected chi connectivity index (χ4v) is 4.81. The average molecular weight is 569 g/mol. The second-order valence-electron chi connectivity index (χ2n) is 7.74. The lowest BCUT2D eigenvalue weighted by molar-refractivity contribution is 0.244. The highest BCUT2D eigenvalue weighted by Crippen LogP contribution is 2.34. The Morgan fingerprint density at radius 3 is 2.48 bits per heavy atom. The van der Waals surface area contributed by atoms with Crippen LogP contribution < -0.4 is 10.6 Å². The van der Waals surface area contributed by atoms with Crippen molar-refractivity contribution < 1.29 is 4.79 Å². The van der Waals surface area contributed by atoms with E-state index >= 15 is 0 Å². The van der Waals surface area contributed by atoms with Crippen molar-refractivity contribution in [3.63, 3.8) is 0 Å². The van der Waals surface area contributed by atoms with E-state index in [0.717, 1.165) is 46.2 Å². The topological polar surface area (TPSA) is 59.0 Å². The molecule has 2 aromatic carbocycles. The lowest BCUT2D eigenvalue weighted by Crippen LogP contribution is -2.39. The first-order valence-electron chi connectivity index (χ1n) is 10.3. The second-order valence-corrected chi connectivity index (χ2v) is 9.83. The molecule has 1 fully saturated rings. The minimum absolute atomic E-state index is 0.220. The minimum atomic E-state index is -0.226. The summed E-state index contributed by atoms with van der Waals surface area (Å²) in [4.78, 5) is 17.4. The quantitative estimate of drug-likeness (QED) is 0.327. The van der Waals surface area contributed by atoms with Crippen LogP contribution in [-0.4, -0.2) is 21.6 Å². The molecule has 1 aliphatic carbocycles. The monoisotopic (exact) mass is 568 g/mol. The summed E-state index contributed by atoms with van der Waals surface area (Å²) in [7, 11) is 0. The standard InChI is InChI=1S/C23H23Cl2IN4O/c1-14-21(29-23(31)27-17-5-3-2-4-6-17)28-22(19-12-7-15(24)13-20(19)25)30(14)18-10-8-16(26)9-11-18/h7-13,17H,2-6H2,1H3,(H2,27,29,31). The number of benzene rings is 2. The van der Waals surface area contributed by atoms with Crippen molar-refractivity contribution >= 4 is 57.6 Å². The van der Waals surface area contributed by atoms with Crippen LogP contribution in [0.15, 0.2) is 42.5 Å². The highest BCUT2D eigenvalue weighted by atomic mass is 127. The van der Waals surface area contributed by atoms with Gasteiger partial charge < -0.3 is 5.32 Å². The molecular formula is C23H23Cl2IN4O. The number of nitrogens with zero attached hydrogens (tertiary/aromatic N) is 2. The number of carbonyl (C=O) groups excluding carboxylic acids is 1. The van der Waals surface area contributed by atoms with Crippen molar-refractivity contribution in [2.75, 3.05) is 5.32 Å². The van der Waals surface area contributed by atoms with Gasteiger partial charge in [0.25, 0.3) is 0 Å². The van der Waals surface area contributed by atoms with E-state index < -0.39 is 0 Å². The Labute approximate surface area is 205 Å². The lowest BCUT2D eigenvalue weighted by atomic mass is 9.96. The van der Waals surface area contributed by atoms with Crippen molar-refractivity contribution in [3.05, 3.63) is 61.8 Å². The molecule has 1 heterocycles. The van der Waals surface area contributed by atoms with Crippen LogP contribution in [0.1, 0.15) is 37.8 Å². The Bertz CT molecular complexity index is 1090. The summed E-state index contributed by atoms with van der Waals surface area (Å²) in [5.74, 6) is 1.15. The number of nitrogens with one attached hydrogen (secondary N) is 2. The van der Waals surface area contributed by atoms with Crippen LogP contribution in [-0.2, 0) is 0 Å². The largest absolute Gasteiger partial charge is 0.335 e. The molecule has 2 N–H and O–H groups in total. The third-order valence-electron chi connectivity index (χ3n) is 5.54. The molecule has 1 saturated carbocycles. The molecule has 1 aliphatic rings. The van der Waals surface area contributed by atoms with Crippen molar-refractivity contribution in [2.45, 2.75) is 45.1 Å². The number of amides is 2. The molecule has 1 aromatic heterocycles. The summed E-state index contributed by atoms with van der Waals surface area (Å²) in [6.07, 6.45) is 5.60. The number of rotatable bonds is 4. The van der Waals surface area contributed by atoms with Crippen molar-refractivity contribution in [3.8, 4) is 17.1 Å². The SMILES string of the molecule is Cc1c(NC(=O)NC2CCCCC2)nc(-c2ccc(Cl)cc2Cl)n1-c1ccc(I)cc1. The Morgan fingerprint density at radius 2 is 1.81 bits per heavy atom. The normalized spacial score (nSPS) is 14.5. The van der Waals surface area contributed by atoms with Crippen LogP contribution >= 0.6 is 45.8 Å². The molecule has 8 heteroatoms. The number of hydrogen-bond donors (Lipinski definition) is 2. The zero-order valence-electron chi connectivity index (χ0n) is 17.1. The molecule has 4 rings (SSSR count). The van der Waals surface area contributed by atoms with Gasteiger partial charge in [-0.25, -0.2) is 9.78 Å². The number of halogens is 3. The number of urea groups is 1. The molecule has 5 nitrogen and oxygen atoms in total. The molecule has 0 saturated heterocycles. The first-order chi connectivity index (χ1) is 14.9. The summed E-state index contributed by atoms with van der Waals surface area (Å²) < 4.78 is 3.14. The van der Waals surface area contributed by atoms with Gasteiger partial charge in [-0.3, -0.25) is 9.88 Å². The van der Waals surface area contributed by atoms with Gasteiger partial charge in [0, 0.05) is 25.9 Å². The molecular weight excluding hydrogens is 546 g/mol. The summed E-state index contributed by atoms with van der Waals surface area (Å²) in [5, 5.41) is 7.09. The zero-order valence-corrected chi connectivity index (χ0v) is 20.8. The van der Waals surface area contributed by atoms with Gasteiger partial charge in [-0.15, -0.1) is 0 Å². The molecule has 31 heavy (non-hydrogen) atoms. The van der Waals surface area contributed by atoms with Gasteiger partial charge in [-0.05, 0) is 84.8 Å². The van der Waals surface area contributed by atoms with Gasteiger partial charge in [0.2, 0.25) is 0 Å². The summed E-state index contributed by atoms with van der Waals surface area (Å²) in [6, 6.07) is 13.4. The maximum atomic E-state index is 12.7. The van der Waals surface area contributed by atoms with Gasteiger partial charge in [0.15, 0.2) is 5.82 Å². The zero-order chi connectivity index (χ0) is 22.0. The van der Waals surface area contributed by atoms with E-state index in [1.54, 1.807) is 12.1 Å². The van der Waals surface area contributed by atoms with Crippen LogP contribution in [0.25, 0.3) is 17.1 Å². The molecule has 0 unspecified atom stereocenters. The fourth-order valence-electron chi connectivity index (χ4n) is 3.95. The molecule has 2 amide bonds. The molecule has 0 radical (unpaired) electrons. The second kappa shape index (κ2) is 9.79. The van der Waals surface area contributed by atoms with Crippen molar-refractivity contribution in [2.24, 2.45) is 0 Å².